The lowest BCUT2D eigenvalue weighted by molar-refractivity contribution is -0.384. The molecule has 0 aromatic heterocycles. The van der Waals surface area contributed by atoms with Gasteiger partial charge in [-0.05, 0) is 24.1 Å². The second-order valence-electron chi connectivity index (χ2n) is 6.54. The number of nitrogens with zero attached hydrogens (tertiary/aromatic N) is 2. The van der Waals surface area contributed by atoms with Gasteiger partial charge in [-0.3, -0.25) is 14.9 Å². The fraction of sp³-hybridized carbons (Fsp3) is 0.0909. The molecule has 0 bridgehead atoms. The molecule has 1 unspecified atom stereocenters. The standard InChI is InChI=1S/C22H17N3O4/c1-14(29-16-8-6-7-15(13-16)25(27)28)22(26)24-23-21-19-11-4-2-9-17(19)18-10-3-5-12-20(18)21/h2-14H,1H3,(H,24,26). The molecule has 3 aromatic rings. The average Bonchev–Trinajstić information content (AvgIpc) is 3.06. The molecule has 0 heterocycles. The van der Waals surface area contributed by atoms with Gasteiger partial charge < -0.3 is 4.74 Å². The van der Waals surface area contributed by atoms with Crippen molar-refractivity contribution in [1.29, 1.82) is 0 Å². The van der Waals surface area contributed by atoms with Crippen LogP contribution in [0.25, 0.3) is 11.1 Å². The molecule has 3 aromatic carbocycles. The zero-order valence-corrected chi connectivity index (χ0v) is 15.5. The van der Waals surface area contributed by atoms with Crippen molar-refractivity contribution in [1.82, 2.24) is 5.43 Å². The van der Waals surface area contributed by atoms with Crippen molar-refractivity contribution in [2.45, 2.75) is 13.0 Å². The predicted molar refractivity (Wildman–Crippen MR) is 109 cm³/mol. The summed E-state index contributed by atoms with van der Waals surface area (Å²) >= 11 is 0. The van der Waals surface area contributed by atoms with Gasteiger partial charge >= 0.3 is 0 Å². The van der Waals surface area contributed by atoms with Crippen LogP contribution in [0.2, 0.25) is 0 Å². The van der Waals surface area contributed by atoms with E-state index in [1.807, 2.05) is 48.5 Å². The number of hydrogen-bond acceptors (Lipinski definition) is 5. The van der Waals surface area contributed by atoms with Gasteiger partial charge in [-0.2, -0.15) is 5.10 Å². The molecule has 1 atom stereocenters. The Hall–Kier alpha value is -4.00. The molecular formula is C22H17N3O4. The normalized spacial score (nSPS) is 12.5. The topological polar surface area (TPSA) is 93.8 Å². The lowest BCUT2D eigenvalue weighted by atomic mass is 10.1. The monoisotopic (exact) mass is 387 g/mol. The number of non-ortho nitro benzene ring substituents is 1. The first kappa shape index (κ1) is 18.4. The Balaban J connectivity index is 1.52. The van der Waals surface area contributed by atoms with Crippen molar-refractivity contribution in [3.63, 3.8) is 0 Å². The number of hydrogen-bond donors (Lipinski definition) is 1. The first-order chi connectivity index (χ1) is 14.0. The van der Waals surface area contributed by atoms with Crippen molar-refractivity contribution in [2.24, 2.45) is 5.10 Å². The molecule has 144 valence electrons. The van der Waals surface area contributed by atoms with E-state index in [9.17, 15) is 14.9 Å². The van der Waals surface area contributed by atoms with E-state index in [2.05, 4.69) is 10.5 Å². The quantitative estimate of drug-likeness (QED) is 0.415. The molecule has 0 fully saturated rings. The molecule has 0 aliphatic heterocycles. The van der Waals surface area contributed by atoms with Crippen LogP contribution in [-0.4, -0.2) is 22.6 Å². The molecule has 29 heavy (non-hydrogen) atoms. The zero-order chi connectivity index (χ0) is 20.4. The van der Waals surface area contributed by atoms with E-state index >= 15 is 0 Å². The zero-order valence-electron chi connectivity index (χ0n) is 15.5. The van der Waals surface area contributed by atoms with E-state index < -0.39 is 16.9 Å². The second kappa shape index (κ2) is 7.55. The molecule has 4 rings (SSSR count). The summed E-state index contributed by atoms with van der Waals surface area (Å²) in [6, 6.07) is 21.4. The molecule has 0 saturated heterocycles. The number of ether oxygens (including phenoxy) is 1. The Labute approximate surface area is 166 Å². The highest BCUT2D eigenvalue weighted by Crippen LogP contribution is 2.36. The smallest absolute Gasteiger partial charge is 0.280 e. The Bertz CT molecular complexity index is 1090. The van der Waals surface area contributed by atoms with Gasteiger partial charge in [-0.1, -0.05) is 54.6 Å². The first-order valence-electron chi connectivity index (χ1n) is 9.02. The number of amides is 1. The van der Waals surface area contributed by atoms with Gasteiger partial charge in [0.15, 0.2) is 6.10 Å². The number of carbonyl (C=O) groups is 1. The molecule has 1 aliphatic rings. The Morgan fingerprint density at radius 3 is 2.14 bits per heavy atom. The lowest BCUT2D eigenvalue weighted by Gasteiger charge is -2.13. The Morgan fingerprint density at radius 2 is 1.55 bits per heavy atom. The minimum Gasteiger partial charge on any atom is -0.481 e. The number of hydrazone groups is 1. The van der Waals surface area contributed by atoms with Crippen molar-refractivity contribution < 1.29 is 14.5 Å². The molecule has 1 aliphatic carbocycles. The second-order valence-corrected chi connectivity index (χ2v) is 6.54. The number of carbonyl (C=O) groups excluding carboxylic acids is 1. The summed E-state index contributed by atoms with van der Waals surface area (Å²) in [5, 5.41) is 15.2. The highest BCUT2D eigenvalue weighted by Gasteiger charge is 2.25. The number of nitro groups is 1. The van der Waals surface area contributed by atoms with Crippen molar-refractivity contribution >= 4 is 17.3 Å². The summed E-state index contributed by atoms with van der Waals surface area (Å²) in [6.07, 6.45) is -0.881. The van der Waals surface area contributed by atoms with E-state index in [-0.39, 0.29) is 11.4 Å². The lowest BCUT2D eigenvalue weighted by Crippen LogP contribution is -2.34. The maximum absolute atomic E-state index is 12.5. The third-order valence-corrected chi connectivity index (χ3v) is 4.64. The summed E-state index contributed by atoms with van der Waals surface area (Å²) in [4.78, 5) is 22.8. The van der Waals surface area contributed by atoms with Crippen molar-refractivity contribution in [2.75, 3.05) is 0 Å². The molecule has 0 radical (unpaired) electrons. The van der Waals surface area contributed by atoms with Crippen molar-refractivity contribution in [3.8, 4) is 16.9 Å². The van der Waals surface area contributed by atoms with E-state index in [1.165, 1.54) is 18.2 Å². The highest BCUT2D eigenvalue weighted by molar-refractivity contribution is 6.24. The number of nitro benzene ring substituents is 1. The molecule has 7 heteroatoms. The van der Waals surface area contributed by atoms with Crippen LogP contribution in [0.15, 0.2) is 77.9 Å². The minimum atomic E-state index is -0.881. The van der Waals surface area contributed by atoms with E-state index in [4.69, 9.17) is 4.74 Å². The number of rotatable bonds is 5. The van der Waals surface area contributed by atoms with Crippen LogP contribution in [0.5, 0.6) is 5.75 Å². The summed E-state index contributed by atoms with van der Waals surface area (Å²) in [7, 11) is 0. The fourth-order valence-corrected chi connectivity index (χ4v) is 3.24. The predicted octanol–water partition coefficient (Wildman–Crippen LogP) is 3.91. The van der Waals surface area contributed by atoms with Gasteiger partial charge in [0, 0.05) is 17.2 Å². The maximum Gasteiger partial charge on any atom is 0.280 e. The molecule has 0 spiro atoms. The third kappa shape index (κ3) is 3.58. The summed E-state index contributed by atoms with van der Waals surface area (Å²) in [6.45, 7) is 1.56. The Kier molecular flexibility index (Phi) is 4.78. The van der Waals surface area contributed by atoms with Crippen LogP contribution in [0.1, 0.15) is 18.1 Å². The van der Waals surface area contributed by atoms with Gasteiger partial charge in [-0.15, -0.1) is 0 Å². The van der Waals surface area contributed by atoms with Crippen LogP contribution < -0.4 is 10.2 Å². The first-order valence-corrected chi connectivity index (χ1v) is 9.02. The van der Waals surface area contributed by atoms with E-state index in [0.29, 0.717) is 5.71 Å². The van der Waals surface area contributed by atoms with Gasteiger partial charge in [0.1, 0.15) is 5.75 Å². The van der Waals surface area contributed by atoms with E-state index in [1.54, 1.807) is 13.0 Å². The number of fused-ring (bicyclic) bond motifs is 3. The molecule has 0 saturated carbocycles. The maximum atomic E-state index is 12.5. The van der Waals surface area contributed by atoms with Gasteiger partial charge in [0.25, 0.3) is 11.6 Å². The fourth-order valence-electron chi connectivity index (χ4n) is 3.24. The van der Waals surface area contributed by atoms with Crippen LogP contribution in [-0.2, 0) is 4.79 Å². The highest BCUT2D eigenvalue weighted by atomic mass is 16.6. The van der Waals surface area contributed by atoms with Gasteiger partial charge in [0.05, 0.1) is 16.7 Å². The van der Waals surface area contributed by atoms with E-state index in [0.717, 1.165) is 22.3 Å². The average molecular weight is 387 g/mol. The number of nitrogens with one attached hydrogen (secondary N) is 1. The molecule has 1 amide bonds. The summed E-state index contributed by atoms with van der Waals surface area (Å²) in [5.74, 6) is -0.211. The Morgan fingerprint density at radius 1 is 0.966 bits per heavy atom. The SMILES string of the molecule is CC(Oc1cccc([N+](=O)[O-])c1)C(=O)NN=C1c2ccccc2-c2ccccc21. The van der Waals surface area contributed by atoms with Gasteiger partial charge in [-0.25, -0.2) is 5.43 Å². The molecule has 7 nitrogen and oxygen atoms in total. The summed E-state index contributed by atoms with van der Waals surface area (Å²) in [5.41, 5.74) is 7.16. The van der Waals surface area contributed by atoms with Gasteiger partial charge in [0.2, 0.25) is 0 Å². The van der Waals surface area contributed by atoms with Crippen LogP contribution in [0.4, 0.5) is 5.69 Å². The minimum absolute atomic E-state index is 0.102. The molecular weight excluding hydrogens is 370 g/mol. The largest absolute Gasteiger partial charge is 0.481 e. The summed E-state index contributed by atoms with van der Waals surface area (Å²) < 4.78 is 5.54. The number of benzene rings is 3. The van der Waals surface area contributed by atoms with Crippen molar-refractivity contribution in [3.05, 3.63) is 94.0 Å². The van der Waals surface area contributed by atoms with Crippen LogP contribution in [0.3, 0.4) is 0 Å². The third-order valence-electron chi connectivity index (χ3n) is 4.64. The van der Waals surface area contributed by atoms with Crippen LogP contribution >= 0.6 is 0 Å². The molecule has 1 N–H and O–H groups in total. The van der Waals surface area contributed by atoms with Crippen LogP contribution in [0, 0.1) is 10.1 Å².